The molecule has 0 heterocycles. The lowest BCUT2D eigenvalue weighted by molar-refractivity contribution is -0.141. The van der Waals surface area contributed by atoms with Crippen LogP contribution in [0.5, 0.6) is 0 Å². The molecular weight excluding hydrogens is 272 g/mol. The number of rotatable bonds is 7. The van der Waals surface area contributed by atoms with Crippen LogP contribution in [0.15, 0.2) is 0 Å². The molecule has 0 aliphatic rings. The van der Waals surface area contributed by atoms with Gasteiger partial charge in [0.2, 0.25) is 0 Å². The van der Waals surface area contributed by atoms with E-state index in [4.69, 9.17) is 0 Å². The van der Waals surface area contributed by atoms with Crippen LogP contribution in [-0.2, 0) is 28.5 Å². The molecule has 0 N–H and O–H groups in total. The fourth-order valence-corrected chi connectivity index (χ4v) is 1.26. The first-order chi connectivity index (χ1) is 9.49. The summed E-state index contributed by atoms with van der Waals surface area (Å²) in [6, 6.07) is 0. The minimum Gasteiger partial charge on any atom is -0.437 e. The lowest BCUT2D eigenvalue weighted by Gasteiger charge is -2.02. The second kappa shape index (κ2) is 10.8. The molecule has 0 bridgehead atoms. The normalized spacial score (nSPS) is 9.50. The fraction of sp³-hybridized carbons (Fsp3) is 0.667. The third kappa shape index (κ3) is 9.86. The molecule has 8 heteroatoms. The van der Waals surface area contributed by atoms with Gasteiger partial charge in [0.05, 0.1) is 14.2 Å². The van der Waals surface area contributed by atoms with Crippen LogP contribution in [0.4, 0.5) is 9.59 Å². The molecule has 0 aliphatic heterocycles. The van der Waals surface area contributed by atoms with Gasteiger partial charge in [-0.15, -0.1) is 0 Å². The first-order valence-corrected chi connectivity index (χ1v) is 6.06. The molecule has 0 spiro atoms. The Morgan fingerprint density at radius 1 is 0.650 bits per heavy atom. The van der Waals surface area contributed by atoms with Crippen LogP contribution >= 0.6 is 0 Å². The summed E-state index contributed by atoms with van der Waals surface area (Å²) < 4.78 is 16.9. The van der Waals surface area contributed by atoms with Gasteiger partial charge >= 0.3 is 24.2 Å². The molecular formula is C12H18O8. The summed E-state index contributed by atoms with van der Waals surface area (Å²) in [5.74, 6) is -1.30. The maximum absolute atomic E-state index is 11.1. The van der Waals surface area contributed by atoms with E-state index in [2.05, 4.69) is 18.9 Å². The Morgan fingerprint density at radius 3 is 1.30 bits per heavy atom. The molecule has 0 aromatic carbocycles. The largest absolute Gasteiger partial charge is 0.515 e. The number of hydrogen-bond donors (Lipinski definition) is 0. The van der Waals surface area contributed by atoms with Gasteiger partial charge in [-0.05, 0) is 12.8 Å². The van der Waals surface area contributed by atoms with Crippen LogP contribution in [0.2, 0.25) is 0 Å². The predicted molar refractivity (Wildman–Crippen MR) is 64.7 cm³/mol. The van der Waals surface area contributed by atoms with Crippen molar-refractivity contribution >= 4 is 24.2 Å². The molecule has 0 saturated carbocycles. The SMILES string of the molecule is COC(=O)OC(=O)CCCCCCC(=O)OC(=O)OC. The minimum atomic E-state index is -1.03. The number of unbranched alkanes of at least 4 members (excludes halogenated alkanes) is 3. The summed E-state index contributed by atoms with van der Waals surface area (Å²) in [7, 11) is 2.23. The Hall–Kier alpha value is -2.12. The molecule has 0 aromatic rings. The van der Waals surface area contributed by atoms with Crippen molar-refractivity contribution in [2.75, 3.05) is 14.2 Å². The molecule has 0 fully saturated rings. The summed E-state index contributed by atoms with van der Waals surface area (Å²) >= 11 is 0. The molecule has 8 nitrogen and oxygen atoms in total. The Bertz CT molecular complexity index is 315. The zero-order valence-electron chi connectivity index (χ0n) is 11.5. The highest BCUT2D eigenvalue weighted by Crippen LogP contribution is 2.07. The zero-order chi connectivity index (χ0) is 15.4. The Balaban J connectivity index is 3.49. The van der Waals surface area contributed by atoms with Gasteiger partial charge in [-0.2, -0.15) is 0 Å². The Kier molecular flexibility index (Phi) is 9.63. The number of carbonyl (C=O) groups excluding carboxylic acids is 4. The van der Waals surface area contributed by atoms with E-state index in [9.17, 15) is 19.2 Å². The summed E-state index contributed by atoms with van der Waals surface area (Å²) in [5, 5.41) is 0. The van der Waals surface area contributed by atoms with Gasteiger partial charge in [0.15, 0.2) is 0 Å². The summed E-state index contributed by atoms with van der Waals surface area (Å²) in [4.78, 5) is 43.3. The van der Waals surface area contributed by atoms with Gasteiger partial charge in [0, 0.05) is 12.8 Å². The van der Waals surface area contributed by atoms with Crippen molar-refractivity contribution in [1.29, 1.82) is 0 Å². The van der Waals surface area contributed by atoms with Crippen molar-refractivity contribution in [3.8, 4) is 0 Å². The predicted octanol–water partition coefficient (Wildman–Crippen LogP) is 1.95. The van der Waals surface area contributed by atoms with Crippen LogP contribution in [0.3, 0.4) is 0 Å². The topological polar surface area (TPSA) is 105 Å². The van der Waals surface area contributed by atoms with E-state index in [1.54, 1.807) is 0 Å². The minimum absolute atomic E-state index is 0.0989. The molecule has 0 saturated heterocycles. The molecule has 0 amide bonds. The first kappa shape index (κ1) is 17.9. The number of esters is 2. The van der Waals surface area contributed by atoms with Crippen LogP contribution in [0.25, 0.3) is 0 Å². The van der Waals surface area contributed by atoms with Crippen LogP contribution in [0.1, 0.15) is 38.5 Å². The monoisotopic (exact) mass is 290 g/mol. The second-order valence-electron chi connectivity index (χ2n) is 3.77. The van der Waals surface area contributed by atoms with Crippen molar-refractivity contribution in [2.45, 2.75) is 38.5 Å². The van der Waals surface area contributed by atoms with Crippen molar-refractivity contribution in [2.24, 2.45) is 0 Å². The van der Waals surface area contributed by atoms with Crippen LogP contribution < -0.4 is 0 Å². The van der Waals surface area contributed by atoms with E-state index in [0.717, 1.165) is 14.2 Å². The molecule has 20 heavy (non-hydrogen) atoms. The van der Waals surface area contributed by atoms with Crippen molar-refractivity contribution in [3.63, 3.8) is 0 Å². The average molecular weight is 290 g/mol. The van der Waals surface area contributed by atoms with E-state index in [1.165, 1.54) is 0 Å². The smallest absolute Gasteiger partial charge is 0.437 e. The number of hydrogen-bond acceptors (Lipinski definition) is 8. The lowest BCUT2D eigenvalue weighted by atomic mass is 10.1. The van der Waals surface area contributed by atoms with Gasteiger partial charge in [-0.25, -0.2) is 9.59 Å². The third-order valence-corrected chi connectivity index (χ3v) is 2.24. The highest BCUT2D eigenvalue weighted by molar-refractivity contribution is 5.82. The summed E-state index contributed by atoms with van der Waals surface area (Å²) in [5.41, 5.74) is 0. The maximum atomic E-state index is 11.1. The molecule has 0 aliphatic carbocycles. The van der Waals surface area contributed by atoms with Gasteiger partial charge in [-0.3, -0.25) is 9.59 Å². The summed E-state index contributed by atoms with van der Waals surface area (Å²) in [6.45, 7) is 0. The summed E-state index contributed by atoms with van der Waals surface area (Å²) in [6.07, 6.45) is 0.567. The fourth-order valence-electron chi connectivity index (χ4n) is 1.26. The van der Waals surface area contributed by atoms with Crippen LogP contribution in [0, 0.1) is 0 Å². The van der Waals surface area contributed by atoms with Crippen molar-refractivity contribution in [1.82, 2.24) is 0 Å². The van der Waals surface area contributed by atoms with Gasteiger partial charge in [0.1, 0.15) is 0 Å². The standard InChI is InChI=1S/C12H18O8/c1-17-11(15)19-9(13)7-5-3-4-6-8-10(14)20-12(16)18-2/h3-8H2,1-2H3. The van der Waals surface area contributed by atoms with Gasteiger partial charge in [-0.1, -0.05) is 12.8 Å². The highest BCUT2D eigenvalue weighted by atomic mass is 16.7. The maximum Gasteiger partial charge on any atom is 0.515 e. The highest BCUT2D eigenvalue weighted by Gasteiger charge is 2.11. The molecule has 0 atom stereocenters. The van der Waals surface area contributed by atoms with E-state index in [0.29, 0.717) is 25.7 Å². The molecule has 0 rings (SSSR count). The molecule has 114 valence electrons. The molecule has 0 radical (unpaired) electrons. The first-order valence-electron chi connectivity index (χ1n) is 6.06. The lowest BCUT2D eigenvalue weighted by Crippen LogP contribution is -2.12. The van der Waals surface area contributed by atoms with E-state index in [1.807, 2.05) is 0 Å². The Morgan fingerprint density at radius 2 is 1.00 bits per heavy atom. The van der Waals surface area contributed by atoms with E-state index >= 15 is 0 Å². The zero-order valence-corrected chi connectivity index (χ0v) is 11.5. The second-order valence-corrected chi connectivity index (χ2v) is 3.77. The third-order valence-electron chi connectivity index (χ3n) is 2.24. The quantitative estimate of drug-likeness (QED) is 0.398. The molecule has 0 aromatic heterocycles. The average Bonchev–Trinajstić information content (AvgIpc) is 2.42. The van der Waals surface area contributed by atoms with Crippen molar-refractivity contribution < 1.29 is 38.1 Å². The van der Waals surface area contributed by atoms with Gasteiger partial charge < -0.3 is 18.9 Å². The van der Waals surface area contributed by atoms with Crippen LogP contribution in [-0.4, -0.2) is 38.5 Å². The Labute approximate surface area is 116 Å². The number of ether oxygens (including phenoxy) is 4. The van der Waals surface area contributed by atoms with Gasteiger partial charge in [0.25, 0.3) is 0 Å². The van der Waals surface area contributed by atoms with Crippen molar-refractivity contribution in [3.05, 3.63) is 0 Å². The molecule has 0 unspecified atom stereocenters. The van der Waals surface area contributed by atoms with E-state index < -0.39 is 24.2 Å². The number of carbonyl (C=O) groups is 4. The number of methoxy groups -OCH3 is 2. The van der Waals surface area contributed by atoms with E-state index in [-0.39, 0.29) is 12.8 Å².